The average molecular weight is 553 g/mol. The Morgan fingerprint density at radius 3 is 2.40 bits per heavy atom. The monoisotopic (exact) mass is 552 g/mol. The first kappa shape index (κ1) is 29.1. The van der Waals surface area contributed by atoms with Crippen molar-refractivity contribution in [2.24, 2.45) is 46.3 Å². The number of hydrogen-bond donors (Lipinski definition) is 0. The molecule has 0 N–H and O–H groups in total. The average Bonchev–Trinajstić information content (AvgIpc) is 3.30. The normalized spacial score (nSPS) is 39.2. The highest BCUT2D eigenvalue weighted by atomic mass is 16.5. The topological polar surface area (TPSA) is 78.9 Å². The highest BCUT2D eigenvalue weighted by Gasteiger charge is 2.65. The van der Waals surface area contributed by atoms with Gasteiger partial charge in [-0.1, -0.05) is 39.0 Å². The Kier molecular flexibility index (Phi) is 8.37. The first-order chi connectivity index (χ1) is 19.1. The molecule has 4 fully saturated rings. The SMILES string of the molecule is COC(=O)CC[C@@H](C)[C@@H]1CC[C@@H]2[C@@H]3CC[C@H]4C[C@H](OC(C)=O)CC[C@]4(C)[C@H]3C[C@@H](OC(=O)c3ccccc3)[C@]21C. The van der Waals surface area contributed by atoms with Gasteiger partial charge in [0.25, 0.3) is 0 Å². The predicted octanol–water partition coefficient (Wildman–Crippen LogP) is 7.00. The van der Waals surface area contributed by atoms with Crippen LogP contribution in [0, 0.1) is 46.3 Å². The van der Waals surface area contributed by atoms with Crippen molar-refractivity contribution in [3.63, 3.8) is 0 Å². The summed E-state index contributed by atoms with van der Waals surface area (Å²) < 4.78 is 17.2. The van der Waals surface area contributed by atoms with E-state index in [9.17, 15) is 14.4 Å². The van der Waals surface area contributed by atoms with Crippen molar-refractivity contribution in [1.82, 2.24) is 0 Å². The van der Waals surface area contributed by atoms with Gasteiger partial charge in [-0.25, -0.2) is 4.79 Å². The van der Waals surface area contributed by atoms with Gasteiger partial charge in [0.15, 0.2) is 0 Å². The molecular formula is C34H48O6. The molecule has 0 aromatic heterocycles. The third-order valence-electron chi connectivity index (χ3n) is 12.1. The number of hydrogen-bond acceptors (Lipinski definition) is 6. The summed E-state index contributed by atoms with van der Waals surface area (Å²) in [6, 6.07) is 9.38. The number of esters is 3. The van der Waals surface area contributed by atoms with E-state index < -0.39 is 0 Å². The fourth-order valence-electron chi connectivity index (χ4n) is 10.1. The molecule has 0 bridgehead atoms. The van der Waals surface area contributed by atoms with Gasteiger partial charge in [-0.05, 0) is 111 Å². The molecule has 0 amide bonds. The van der Waals surface area contributed by atoms with Gasteiger partial charge in [0.05, 0.1) is 12.7 Å². The smallest absolute Gasteiger partial charge is 0.338 e. The van der Waals surface area contributed by atoms with Gasteiger partial charge in [-0.3, -0.25) is 9.59 Å². The van der Waals surface area contributed by atoms with Crippen LogP contribution in [-0.4, -0.2) is 37.2 Å². The maximum atomic E-state index is 13.5. The molecule has 4 saturated carbocycles. The molecule has 6 heteroatoms. The molecule has 6 nitrogen and oxygen atoms in total. The van der Waals surface area contributed by atoms with Crippen molar-refractivity contribution in [1.29, 1.82) is 0 Å². The lowest BCUT2D eigenvalue weighted by molar-refractivity contribution is -0.181. The Morgan fingerprint density at radius 1 is 0.950 bits per heavy atom. The maximum Gasteiger partial charge on any atom is 0.338 e. The first-order valence-corrected chi connectivity index (χ1v) is 15.6. The number of ether oxygens (including phenoxy) is 3. The van der Waals surface area contributed by atoms with E-state index >= 15 is 0 Å². The third-order valence-corrected chi connectivity index (χ3v) is 12.1. The van der Waals surface area contributed by atoms with E-state index in [1.807, 2.05) is 30.3 Å². The van der Waals surface area contributed by atoms with Crippen molar-refractivity contribution in [3.8, 4) is 0 Å². The Balaban J connectivity index is 1.44. The lowest BCUT2D eigenvalue weighted by Crippen LogP contribution is -2.59. The van der Waals surface area contributed by atoms with Gasteiger partial charge in [0.2, 0.25) is 0 Å². The second-order valence-corrected chi connectivity index (χ2v) is 13.8. The molecule has 10 atom stereocenters. The zero-order chi connectivity index (χ0) is 28.7. The maximum absolute atomic E-state index is 13.5. The molecular weight excluding hydrogens is 504 g/mol. The second kappa shape index (κ2) is 11.5. The van der Waals surface area contributed by atoms with Gasteiger partial charge in [-0.2, -0.15) is 0 Å². The van der Waals surface area contributed by atoms with E-state index in [0.717, 1.165) is 44.9 Å². The highest BCUT2D eigenvalue weighted by Crippen LogP contribution is 2.69. The van der Waals surface area contributed by atoms with E-state index in [0.29, 0.717) is 47.5 Å². The molecule has 0 saturated heterocycles. The summed E-state index contributed by atoms with van der Waals surface area (Å²) >= 11 is 0. The molecule has 0 radical (unpaired) electrons. The highest BCUT2D eigenvalue weighted by molar-refractivity contribution is 5.89. The standard InChI is InChI=1S/C34H48O6/c1-21(11-16-31(36)38-5)27-14-15-28-26-13-12-24-19-25(39-22(2)35)17-18-33(24,3)29(26)20-30(34(27,28)4)40-32(37)23-9-7-6-8-10-23/h6-10,21,24-30H,11-20H2,1-5H3/t21-,24+,25-,26+,27+,28-,29+,30-,33+,34+/m1/s1. The van der Waals surface area contributed by atoms with E-state index in [-0.39, 0.29) is 40.9 Å². The van der Waals surface area contributed by atoms with Crippen molar-refractivity contribution in [3.05, 3.63) is 35.9 Å². The molecule has 1 aromatic carbocycles. The van der Waals surface area contributed by atoms with E-state index in [1.165, 1.54) is 26.9 Å². The van der Waals surface area contributed by atoms with Crippen LogP contribution in [-0.2, 0) is 23.8 Å². The van der Waals surface area contributed by atoms with Crippen LogP contribution < -0.4 is 0 Å². The van der Waals surface area contributed by atoms with Crippen molar-refractivity contribution < 1.29 is 28.6 Å². The minimum Gasteiger partial charge on any atom is -0.469 e. The molecule has 0 spiro atoms. The van der Waals surface area contributed by atoms with E-state index in [4.69, 9.17) is 14.2 Å². The Bertz CT molecular complexity index is 1090. The molecule has 5 rings (SSSR count). The number of carbonyl (C=O) groups is 3. The van der Waals surface area contributed by atoms with Crippen LogP contribution in [0.25, 0.3) is 0 Å². The van der Waals surface area contributed by atoms with Gasteiger partial charge < -0.3 is 14.2 Å². The summed E-state index contributed by atoms with van der Waals surface area (Å²) in [5.74, 6) is 2.29. The van der Waals surface area contributed by atoms with Crippen LogP contribution in [0.2, 0.25) is 0 Å². The molecule has 0 aliphatic heterocycles. The third kappa shape index (κ3) is 5.20. The quantitative estimate of drug-likeness (QED) is 0.268. The fourth-order valence-corrected chi connectivity index (χ4v) is 10.1. The van der Waals surface area contributed by atoms with Gasteiger partial charge in [0, 0.05) is 18.8 Å². The van der Waals surface area contributed by atoms with Gasteiger partial charge >= 0.3 is 17.9 Å². The van der Waals surface area contributed by atoms with Gasteiger partial charge in [-0.15, -0.1) is 0 Å². The Hall–Kier alpha value is -2.37. The van der Waals surface area contributed by atoms with Crippen LogP contribution >= 0.6 is 0 Å². The molecule has 0 heterocycles. The van der Waals surface area contributed by atoms with Crippen LogP contribution in [0.5, 0.6) is 0 Å². The van der Waals surface area contributed by atoms with E-state index in [1.54, 1.807) is 0 Å². The summed E-state index contributed by atoms with van der Waals surface area (Å²) in [4.78, 5) is 37.2. The van der Waals surface area contributed by atoms with Crippen LogP contribution in [0.3, 0.4) is 0 Å². The zero-order valence-electron chi connectivity index (χ0n) is 25.0. The number of rotatable bonds is 7. The summed E-state index contributed by atoms with van der Waals surface area (Å²) in [6.07, 6.45) is 9.54. The van der Waals surface area contributed by atoms with Crippen molar-refractivity contribution in [2.75, 3.05) is 7.11 Å². The number of benzene rings is 1. The summed E-state index contributed by atoms with van der Waals surface area (Å²) in [5.41, 5.74) is 0.638. The predicted molar refractivity (Wildman–Crippen MR) is 152 cm³/mol. The lowest BCUT2D eigenvalue weighted by atomic mass is 9.43. The summed E-state index contributed by atoms with van der Waals surface area (Å²) in [7, 11) is 1.46. The molecule has 40 heavy (non-hydrogen) atoms. The Morgan fingerprint density at radius 2 is 1.70 bits per heavy atom. The molecule has 1 aromatic rings. The largest absolute Gasteiger partial charge is 0.469 e. The van der Waals surface area contributed by atoms with Crippen LogP contribution in [0.15, 0.2) is 30.3 Å². The minimum absolute atomic E-state index is 0.0270. The van der Waals surface area contributed by atoms with E-state index in [2.05, 4.69) is 20.8 Å². The van der Waals surface area contributed by atoms with Crippen molar-refractivity contribution >= 4 is 17.9 Å². The molecule has 4 aliphatic rings. The van der Waals surface area contributed by atoms with Crippen molar-refractivity contribution in [2.45, 2.75) is 104 Å². The molecule has 0 unspecified atom stereocenters. The van der Waals surface area contributed by atoms with Gasteiger partial charge in [0.1, 0.15) is 12.2 Å². The number of carbonyl (C=O) groups excluding carboxylic acids is 3. The molecule has 4 aliphatic carbocycles. The van der Waals surface area contributed by atoms with Crippen LogP contribution in [0.4, 0.5) is 0 Å². The summed E-state index contributed by atoms with van der Waals surface area (Å²) in [5, 5.41) is 0. The fraction of sp³-hybridized carbons (Fsp3) is 0.735. The Labute approximate surface area is 239 Å². The minimum atomic E-state index is -0.229. The number of fused-ring (bicyclic) bond motifs is 5. The lowest BCUT2D eigenvalue weighted by Gasteiger charge is -2.62. The number of methoxy groups -OCH3 is 1. The molecule has 220 valence electrons. The summed E-state index contributed by atoms with van der Waals surface area (Å²) in [6.45, 7) is 8.66. The zero-order valence-corrected chi connectivity index (χ0v) is 25.0. The first-order valence-electron chi connectivity index (χ1n) is 15.6. The van der Waals surface area contributed by atoms with Crippen LogP contribution in [0.1, 0.15) is 102 Å². The second-order valence-electron chi connectivity index (χ2n) is 13.8.